The third kappa shape index (κ3) is 18.1. The van der Waals surface area contributed by atoms with Gasteiger partial charge in [-0.05, 0) is 73.8 Å². The number of Topliss-reactive ketones (excluding diaryl/α,β-unsaturated/α-hetero) is 1. The van der Waals surface area contributed by atoms with Crippen molar-refractivity contribution in [3.63, 3.8) is 0 Å². The fraction of sp³-hybridized carbons (Fsp3) is 0.480. The summed E-state index contributed by atoms with van der Waals surface area (Å²) in [5.41, 5.74) is -1.26. The van der Waals surface area contributed by atoms with Gasteiger partial charge < -0.3 is 36.4 Å². The van der Waals surface area contributed by atoms with Gasteiger partial charge in [-0.25, -0.2) is 4.39 Å². The fourth-order valence-corrected chi connectivity index (χ4v) is 8.57. The highest BCUT2D eigenvalue weighted by molar-refractivity contribution is 7.86. The predicted molar refractivity (Wildman–Crippen MR) is 255 cm³/mol. The summed E-state index contributed by atoms with van der Waals surface area (Å²) in [5, 5.41) is 24.9. The maximum Gasteiger partial charge on any atom is 0.300 e. The number of aliphatic hydroxyl groups is 1. The smallest absolute Gasteiger partial charge is 0.300 e. The number of morpholine rings is 1. The zero-order valence-corrected chi connectivity index (χ0v) is 40.6. The highest BCUT2D eigenvalue weighted by Crippen LogP contribution is 2.23. The highest BCUT2D eigenvalue weighted by Gasteiger charge is 2.41. The van der Waals surface area contributed by atoms with Gasteiger partial charge in [0.05, 0.1) is 32.3 Å². The number of aryl methyl sites for hydroxylation is 1. The van der Waals surface area contributed by atoms with E-state index < -0.39 is 86.6 Å². The number of benzene rings is 3. The Morgan fingerprint density at radius 3 is 1.96 bits per heavy atom. The summed E-state index contributed by atoms with van der Waals surface area (Å²) >= 11 is 0. The number of nitrogens with one attached hydrogen (secondary N) is 5. The molecule has 6 N–H and O–H groups in total. The molecule has 2 unspecified atom stereocenters. The molecule has 0 spiro atoms. The van der Waals surface area contributed by atoms with Crippen molar-refractivity contribution in [1.29, 1.82) is 0 Å². The monoisotopic (exact) mass is 976 g/mol. The molecule has 0 bridgehead atoms. The van der Waals surface area contributed by atoms with Crippen LogP contribution in [0.15, 0.2) is 83.8 Å². The largest absolute Gasteiger partial charge is 0.380 e. The maximum absolute atomic E-state index is 14.8. The summed E-state index contributed by atoms with van der Waals surface area (Å²) in [6.45, 7) is 8.94. The molecule has 17 nitrogen and oxygen atoms in total. The lowest BCUT2D eigenvalue weighted by atomic mass is 9.90. The van der Waals surface area contributed by atoms with Gasteiger partial charge in [0.2, 0.25) is 23.6 Å². The number of halogens is 1. The van der Waals surface area contributed by atoms with E-state index in [1.807, 2.05) is 49.1 Å². The SMILES string of the molecule is C#CCNC(=O)c1ccc(F)c(S(=O)(=O)OCC(C)(O)C(=O)[C@H](CC(C)C)NC(=O)[C@H](Cc2ccccc2)NC(=O)C(CC(C)C)NC(=O)[C@H](CCc2ccccc2)NC(=O)CN2CCOCC2)c1. The van der Waals surface area contributed by atoms with Gasteiger partial charge in [0, 0.05) is 25.1 Å². The molecule has 3 aromatic carbocycles. The van der Waals surface area contributed by atoms with Crippen LogP contribution in [0.5, 0.6) is 0 Å². The molecule has 1 aliphatic rings. The van der Waals surface area contributed by atoms with Gasteiger partial charge in [-0.1, -0.05) is 94.3 Å². The van der Waals surface area contributed by atoms with Gasteiger partial charge in [-0.3, -0.25) is 37.9 Å². The number of carbonyl (C=O) groups excluding carboxylic acids is 6. The third-order valence-corrected chi connectivity index (χ3v) is 12.4. The van der Waals surface area contributed by atoms with Gasteiger partial charge in [0.1, 0.15) is 41.0 Å². The average molecular weight is 977 g/mol. The summed E-state index contributed by atoms with van der Waals surface area (Å²) in [4.78, 5) is 83.5. The number of hydrogen-bond acceptors (Lipinski definition) is 12. The molecule has 374 valence electrons. The van der Waals surface area contributed by atoms with E-state index in [4.69, 9.17) is 15.3 Å². The lowest BCUT2D eigenvalue weighted by molar-refractivity contribution is -0.143. The second-order valence-electron chi connectivity index (χ2n) is 18.1. The van der Waals surface area contributed by atoms with E-state index in [0.29, 0.717) is 38.3 Å². The summed E-state index contributed by atoms with van der Waals surface area (Å²) in [6, 6.07) is 15.7. The second kappa shape index (κ2) is 26.6. The maximum atomic E-state index is 14.8. The first-order valence-electron chi connectivity index (χ1n) is 22.9. The molecule has 1 heterocycles. The molecule has 0 saturated carbocycles. The van der Waals surface area contributed by atoms with Crippen LogP contribution in [0.3, 0.4) is 0 Å². The van der Waals surface area contributed by atoms with Crippen LogP contribution in [0, 0.1) is 30.0 Å². The molecule has 1 aliphatic heterocycles. The van der Waals surface area contributed by atoms with Crippen LogP contribution in [0.1, 0.15) is 75.4 Å². The number of nitrogens with zero attached hydrogens (tertiary/aromatic N) is 1. The van der Waals surface area contributed by atoms with Crippen molar-refractivity contribution in [2.24, 2.45) is 11.8 Å². The van der Waals surface area contributed by atoms with Gasteiger partial charge >= 0.3 is 0 Å². The number of hydrogen-bond donors (Lipinski definition) is 6. The number of carbonyl (C=O) groups is 6. The minimum absolute atomic E-state index is 0.0451. The van der Waals surface area contributed by atoms with Crippen LogP contribution in [0.4, 0.5) is 4.39 Å². The Kier molecular flexibility index (Phi) is 21.5. The molecule has 0 aliphatic carbocycles. The van der Waals surface area contributed by atoms with Crippen LogP contribution < -0.4 is 26.6 Å². The Bertz CT molecular complexity index is 2370. The summed E-state index contributed by atoms with van der Waals surface area (Å²) in [5.74, 6) is -3.81. The topological polar surface area (TPSA) is 239 Å². The fourth-order valence-electron chi connectivity index (χ4n) is 7.48. The molecule has 5 atom stereocenters. The van der Waals surface area contributed by atoms with Gasteiger partial charge in [0.25, 0.3) is 16.0 Å². The van der Waals surface area contributed by atoms with E-state index in [0.717, 1.165) is 30.7 Å². The summed E-state index contributed by atoms with van der Waals surface area (Å²) in [6.07, 6.45) is 5.88. The Morgan fingerprint density at radius 1 is 0.797 bits per heavy atom. The Morgan fingerprint density at radius 2 is 1.35 bits per heavy atom. The van der Waals surface area contributed by atoms with E-state index in [2.05, 4.69) is 32.5 Å². The molecule has 0 radical (unpaired) electrons. The van der Waals surface area contributed by atoms with Crippen molar-refractivity contribution in [2.75, 3.05) is 46.0 Å². The molecule has 3 aromatic rings. The van der Waals surface area contributed by atoms with Gasteiger partial charge in [-0.2, -0.15) is 8.42 Å². The van der Waals surface area contributed by atoms with E-state index in [1.54, 1.807) is 44.2 Å². The van der Waals surface area contributed by atoms with Gasteiger partial charge in [-0.15, -0.1) is 6.42 Å². The summed E-state index contributed by atoms with van der Waals surface area (Å²) < 4.78 is 51.7. The molecular formula is C50H65FN6O11S. The molecule has 0 aromatic heterocycles. The first kappa shape index (κ1) is 55.6. The lowest BCUT2D eigenvalue weighted by Gasteiger charge is -2.30. The summed E-state index contributed by atoms with van der Waals surface area (Å²) in [7, 11) is -5.03. The molecule has 5 amide bonds. The van der Waals surface area contributed by atoms with E-state index in [9.17, 15) is 46.7 Å². The third-order valence-electron chi connectivity index (χ3n) is 11.1. The first-order chi connectivity index (χ1) is 32.7. The molecule has 4 rings (SSSR count). The van der Waals surface area contributed by atoms with Crippen LogP contribution in [-0.4, -0.2) is 130 Å². The minimum atomic E-state index is -5.03. The van der Waals surface area contributed by atoms with Crippen LogP contribution in [0.2, 0.25) is 0 Å². The standard InChI is InChI=1S/C50H65FN6O11S/c1-7-22-52-46(60)37-19-20-38(51)43(30-37)69(65,66)68-32-50(6,64)45(59)40(27-33(2)3)54-49(63)42(29-36-16-12-9-13-17-36)56-48(62)41(28-34(4)5)55-47(61)39(21-18-35-14-10-8-11-15-35)53-44(58)31-57-23-25-67-26-24-57/h1,8-17,19-20,30,33-34,39-42,64H,18,21-29,31-32H2,2-6H3,(H,52,60)(H,53,58)(H,54,63)(H,55,61)(H,56,62)/t39-,40-,41?,42-,50?/m0/s1. The van der Waals surface area contributed by atoms with Crippen LogP contribution in [-0.2, 0) is 55.9 Å². The Hall–Kier alpha value is -6.04. The highest BCUT2D eigenvalue weighted by atomic mass is 32.2. The number of ketones is 1. The van der Waals surface area contributed by atoms with Crippen LogP contribution >= 0.6 is 0 Å². The second-order valence-corrected chi connectivity index (χ2v) is 19.6. The lowest BCUT2D eigenvalue weighted by Crippen LogP contribution is -2.60. The van der Waals surface area contributed by atoms with Crippen molar-refractivity contribution in [1.82, 2.24) is 31.5 Å². The number of rotatable bonds is 26. The van der Waals surface area contributed by atoms with Gasteiger partial charge in [0.15, 0.2) is 5.78 Å². The molecule has 1 fully saturated rings. The number of ether oxygens (including phenoxy) is 1. The first-order valence-corrected chi connectivity index (χ1v) is 24.4. The zero-order valence-electron chi connectivity index (χ0n) is 39.8. The van der Waals surface area contributed by atoms with Crippen molar-refractivity contribution < 1.29 is 55.6 Å². The van der Waals surface area contributed by atoms with Crippen molar-refractivity contribution in [2.45, 2.75) is 101 Å². The quantitative estimate of drug-likeness (QED) is 0.0503. The molecule has 1 saturated heterocycles. The van der Waals surface area contributed by atoms with Crippen molar-refractivity contribution in [3.8, 4) is 12.3 Å². The average Bonchev–Trinajstić information content (AvgIpc) is 3.31. The normalized spacial score (nSPS) is 15.7. The minimum Gasteiger partial charge on any atom is -0.380 e. The predicted octanol–water partition coefficient (Wildman–Crippen LogP) is 2.45. The Labute approximate surface area is 404 Å². The zero-order chi connectivity index (χ0) is 50.7. The Balaban J connectivity index is 1.55. The van der Waals surface area contributed by atoms with Crippen molar-refractivity contribution >= 4 is 45.4 Å². The number of terminal acetylenes is 1. The molecule has 19 heteroatoms. The van der Waals surface area contributed by atoms with Crippen LogP contribution in [0.25, 0.3) is 0 Å². The molecular weight excluding hydrogens is 912 g/mol. The van der Waals surface area contributed by atoms with Crippen molar-refractivity contribution in [3.05, 3.63) is 101 Å². The molecule has 69 heavy (non-hydrogen) atoms. The van der Waals surface area contributed by atoms with E-state index in [1.165, 1.54) is 0 Å². The van der Waals surface area contributed by atoms with E-state index in [-0.39, 0.29) is 62.1 Å². The van der Waals surface area contributed by atoms with E-state index >= 15 is 0 Å². The number of amides is 5.